The smallest absolute Gasteiger partial charge is 0.339 e. The van der Waals surface area contributed by atoms with Crippen molar-refractivity contribution in [2.24, 2.45) is 0 Å². The van der Waals surface area contributed by atoms with E-state index < -0.39 is 11.8 Å². The Hall–Kier alpha value is -3.81. The van der Waals surface area contributed by atoms with E-state index in [0.717, 1.165) is 0 Å². The van der Waals surface area contributed by atoms with Gasteiger partial charge in [0.25, 0.3) is 5.71 Å². The molecular formula is C22H16F2N2O4. The molecule has 2 heterocycles. The number of aromatic nitrogens is 2. The lowest BCUT2D eigenvalue weighted by molar-refractivity contribution is 0.0450. The molecule has 152 valence electrons. The van der Waals surface area contributed by atoms with Crippen molar-refractivity contribution in [1.82, 2.24) is 10.1 Å². The molecule has 0 N–H and O–H groups in total. The molecule has 0 saturated carbocycles. The van der Waals surface area contributed by atoms with E-state index >= 15 is 0 Å². The lowest BCUT2D eigenvalue weighted by Crippen LogP contribution is -2.13. The minimum Gasteiger partial charge on any atom is -0.487 e. The van der Waals surface area contributed by atoms with E-state index in [1.54, 1.807) is 37.3 Å². The number of carbonyl (C=O) groups is 1. The number of fused-ring (bicyclic) bond motifs is 1. The number of halogens is 2. The van der Waals surface area contributed by atoms with Crippen molar-refractivity contribution < 1.29 is 27.6 Å². The van der Waals surface area contributed by atoms with Crippen LogP contribution in [-0.4, -0.2) is 29.3 Å². The fourth-order valence-corrected chi connectivity index (χ4v) is 2.95. The molecule has 0 amide bonds. The lowest BCUT2D eigenvalue weighted by atomic mass is 10.1. The van der Waals surface area contributed by atoms with Gasteiger partial charge in [-0.05, 0) is 49.4 Å². The van der Waals surface area contributed by atoms with Crippen LogP contribution in [-0.2, 0) is 4.74 Å². The topological polar surface area (TPSA) is 74.5 Å². The Balaban J connectivity index is 1.54. The highest BCUT2D eigenvalue weighted by atomic mass is 19.1. The Bertz CT molecular complexity index is 1210. The molecule has 30 heavy (non-hydrogen) atoms. The van der Waals surface area contributed by atoms with Crippen LogP contribution in [0.4, 0.5) is 8.78 Å². The van der Waals surface area contributed by atoms with Crippen molar-refractivity contribution in [2.75, 3.05) is 13.2 Å². The van der Waals surface area contributed by atoms with Gasteiger partial charge in [0, 0.05) is 5.56 Å². The van der Waals surface area contributed by atoms with Gasteiger partial charge in [-0.25, -0.2) is 18.6 Å². The first-order valence-corrected chi connectivity index (χ1v) is 9.10. The lowest BCUT2D eigenvalue weighted by Gasteiger charge is -2.09. The number of carbonyl (C=O) groups excluding carboxylic acids is 1. The summed E-state index contributed by atoms with van der Waals surface area (Å²) >= 11 is 0. The van der Waals surface area contributed by atoms with Gasteiger partial charge < -0.3 is 14.0 Å². The van der Waals surface area contributed by atoms with Crippen molar-refractivity contribution in [3.05, 3.63) is 77.5 Å². The molecule has 0 atom stereocenters. The van der Waals surface area contributed by atoms with E-state index in [0.29, 0.717) is 22.3 Å². The van der Waals surface area contributed by atoms with Crippen LogP contribution in [0.3, 0.4) is 0 Å². The van der Waals surface area contributed by atoms with Gasteiger partial charge in [0.05, 0.1) is 22.3 Å². The molecular weight excluding hydrogens is 394 g/mol. The van der Waals surface area contributed by atoms with Gasteiger partial charge >= 0.3 is 5.97 Å². The van der Waals surface area contributed by atoms with E-state index in [1.165, 1.54) is 24.3 Å². The Kier molecular flexibility index (Phi) is 5.38. The summed E-state index contributed by atoms with van der Waals surface area (Å²) in [6, 6.07) is 13.2. The van der Waals surface area contributed by atoms with Crippen molar-refractivity contribution in [2.45, 2.75) is 6.92 Å². The van der Waals surface area contributed by atoms with Crippen LogP contribution in [0, 0.1) is 18.6 Å². The largest absolute Gasteiger partial charge is 0.487 e. The summed E-state index contributed by atoms with van der Waals surface area (Å²) in [6.45, 7) is 1.57. The summed E-state index contributed by atoms with van der Waals surface area (Å²) in [5.41, 5.74) is 1.88. The molecule has 0 spiro atoms. The number of aryl methyl sites for hydroxylation is 1. The van der Waals surface area contributed by atoms with Crippen LogP contribution in [0.1, 0.15) is 16.1 Å². The molecule has 0 fully saturated rings. The summed E-state index contributed by atoms with van der Waals surface area (Å²) in [5, 5.41) is 4.29. The minimum absolute atomic E-state index is 0.0195. The molecule has 4 rings (SSSR count). The zero-order valence-electron chi connectivity index (χ0n) is 15.9. The van der Waals surface area contributed by atoms with Gasteiger partial charge in [0.15, 0.2) is 11.6 Å². The van der Waals surface area contributed by atoms with Crippen molar-refractivity contribution in [3.8, 4) is 17.0 Å². The number of ether oxygens (including phenoxy) is 2. The maximum atomic E-state index is 13.6. The van der Waals surface area contributed by atoms with E-state index in [1.807, 2.05) is 0 Å². The van der Waals surface area contributed by atoms with Crippen LogP contribution >= 0.6 is 0 Å². The van der Waals surface area contributed by atoms with Gasteiger partial charge in [-0.1, -0.05) is 17.3 Å². The average Bonchev–Trinajstić information content (AvgIpc) is 3.13. The third-order valence-corrected chi connectivity index (χ3v) is 4.39. The van der Waals surface area contributed by atoms with Crippen LogP contribution < -0.4 is 4.74 Å². The summed E-state index contributed by atoms with van der Waals surface area (Å²) in [5.74, 6) is -1.43. The SMILES string of the molecule is Cc1noc2nc(-c3ccc(F)cc3)cc(C(=O)OCCOc3ccccc3F)c12. The predicted octanol–water partition coefficient (Wildman–Crippen LogP) is 4.71. The molecule has 2 aromatic carbocycles. The first-order valence-electron chi connectivity index (χ1n) is 9.10. The summed E-state index contributed by atoms with van der Waals surface area (Å²) in [4.78, 5) is 17.1. The number of esters is 1. The molecule has 6 nitrogen and oxygen atoms in total. The monoisotopic (exact) mass is 410 g/mol. The zero-order chi connectivity index (χ0) is 21.1. The molecule has 0 aliphatic carbocycles. The number of para-hydroxylation sites is 1. The van der Waals surface area contributed by atoms with Crippen molar-refractivity contribution >= 4 is 17.1 Å². The third-order valence-electron chi connectivity index (χ3n) is 4.39. The average molecular weight is 410 g/mol. The highest BCUT2D eigenvalue weighted by Gasteiger charge is 2.20. The van der Waals surface area contributed by atoms with E-state index in [2.05, 4.69) is 10.1 Å². The molecule has 2 aromatic heterocycles. The minimum atomic E-state index is -0.630. The Morgan fingerprint density at radius 2 is 1.83 bits per heavy atom. The van der Waals surface area contributed by atoms with Gasteiger partial charge in [-0.2, -0.15) is 0 Å². The van der Waals surface area contributed by atoms with E-state index in [9.17, 15) is 13.6 Å². The summed E-state index contributed by atoms with van der Waals surface area (Å²) in [7, 11) is 0. The second-order valence-electron chi connectivity index (χ2n) is 6.42. The molecule has 4 aromatic rings. The van der Waals surface area contributed by atoms with Crippen LogP contribution in [0.25, 0.3) is 22.4 Å². The third kappa shape index (κ3) is 3.98. The fourth-order valence-electron chi connectivity index (χ4n) is 2.95. The Labute approximate surface area is 170 Å². The molecule has 8 heteroatoms. The highest BCUT2D eigenvalue weighted by molar-refractivity contribution is 6.04. The summed E-state index contributed by atoms with van der Waals surface area (Å²) < 4.78 is 42.6. The molecule has 0 bridgehead atoms. The van der Waals surface area contributed by atoms with Gasteiger partial charge in [0.1, 0.15) is 19.0 Å². The van der Waals surface area contributed by atoms with Gasteiger partial charge in [0.2, 0.25) is 0 Å². The first-order chi connectivity index (χ1) is 14.5. The second kappa shape index (κ2) is 8.28. The van der Waals surface area contributed by atoms with Crippen molar-refractivity contribution in [3.63, 3.8) is 0 Å². The molecule has 0 unspecified atom stereocenters. The molecule has 0 saturated heterocycles. The summed E-state index contributed by atoms with van der Waals surface area (Å²) in [6.07, 6.45) is 0. The Morgan fingerprint density at radius 3 is 2.60 bits per heavy atom. The Morgan fingerprint density at radius 1 is 1.07 bits per heavy atom. The normalized spacial score (nSPS) is 10.9. The van der Waals surface area contributed by atoms with Crippen LogP contribution in [0.5, 0.6) is 5.75 Å². The van der Waals surface area contributed by atoms with Gasteiger partial charge in [-0.15, -0.1) is 0 Å². The molecule has 0 aliphatic rings. The van der Waals surface area contributed by atoms with E-state index in [4.69, 9.17) is 14.0 Å². The molecule has 0 aliphatic heterocycles. The number of pyridine rings is 1. The highest BCUT2D eigenvalue weighted by Crippen LogP contribution is 2.27. The predicted molar refractivity (Wildman–Crippen MR) is 104 cm³/mol. The maximum Gasteiger partial charge on any atom is 0.339 e. The quantitative estimate of drug-likeness (QED) is 0.339. The fraction of sp³-hybridized carbons (Fsp3) is 0.136. The van der Waals surface area contributed by atoms with Gasteiger partial charge in [-0.3, -0.25) is 0 Å². The zero-order valence-corrected chi connectivity index (χ0v) is 15.9. The number of rotatable bonds is 6. The second-order valence-corrected chi connectivity index (χ2v) is 6.42. The number of hydrogen-bond donors (Lipinski definition) is 0. The molecule has 0 radical (unpaired) electrons. The van der Waals surface area contributed by atoms with Crippen molar-refractivity contribution in [1.29, 1.82) is 0 Å². The maximum absolute atomic E-state index is 13.6. The number of nitrogens with zero attached hydrogens (tertiary/aromatic N) is 2. The number of benzene rings is 2. The number of hydrogen-bond acceptors (Lipinski definition) is 6. The van der Waals surface area contributed by atoms with E-state index in [-0.39, 0.29) is 36.1 Å². The van der Waals surface area contributed by atoms with Crippen LogP contribution in [0.2, 0.25) is 0 Å². The first kappa shape index (κ1) is 19.5. The van der Waals surface area contributed by atoms with Crippen LogP contribution in [0.15, 0.2) is 59.1 Å². The standard InChI is InChI=1S/C22H16F2N2O4/c1-13-20-16(22(27)29-11-10-28-19-5-3-2-4-17(19)24)12-18(25-21(20)30-26-13)14-6-8-15(23)9-7-14/h2-9,12H,10-11H2,1H3.